The first-order chi connectivity index (χ1) is 13.5. The third kappa shape index (κ3) is 4.62. The van der Waals surface area contributed by atoms with Gasteiger partial charge >= 0.3 is 0 Å². The van der Waals surface area contributed by atoms with E-state index in [9.17, 15) is 18.8 Å². The molecule has 2 aromatic rings. The number of benzene rings is 2. The van der Waals surface area contributed by atoms with Crippen LogP contribution in [0.1, 0.15) is 27.1 Å². The van der Waals surface area contributed by atoms with Crippen LogP contribution >= 0.6 is 0 Å². The van der Waals surface area contributed by atoms with Crippen LogP contribution in [0.4, 0.5) is 10.1 Å². The molecule has 3 amide bonds. The highest BCUT2D eigenvalue weighted by Crippen LogP contribution is 2.16. The van der Waals surface area contributed by atoms with Crippen LogP contribution in [0.5, 0.6) is 0 Å². The molecule has 7 heteroatoms. The lowest BCUT2D eigenvalue weighted by molar-refractivity contribution is -0.111. The van der Waals surface area contributed by atoms with Gasteiger partial charge in [-0.15, -0.1) is 0 Å². The van der Waals surface area contributed by atoms with Gasteiger partial charge in [0.15, 0.2) is 0 Å². The highest BCUT2D eigenvalue weighted by molar-refractivity contribution is 6.00. The van der Waals surface area contributed by atoms with Crippen LogP contribution in [0.15, 0.2) is 61.2 Å². The number of hydrogen-bond donors (Lipinski definition) is 2. The van der Waals surface area contributed by atoms with Crippen molar-refractivity contribution in [1.29, 1.82) is 0 Å². The summed E-state index contributed by atoms with van der Waals surface area (Å²) in [6.07, 6.45) is 1.81. The van der Waals surface area contributed by atoms with Gasteiger partial charge in [-0.1, -0.05) is 6.58 Å². The topological polar surface area (TPSA) is 78.5 Å². The van der Waals surface area contributed by atoms with Gasteiger partial charge in [-0.3, -0.25) is 14.4 Å². The van der Waals surface area contributed by atoms with Crippen molar-refractivity contribution in [1.82, 2.24) is 10.2 Å². The van der Waals surface area contributed by atoms with Crippen LogP contribution < -0.4 is 10.6 Å². The van der Waals surface area contributed by atoms with Gasteiger partial charge in [0.25, 0.3) is 11.8 Å². The van der Waals surface area contributed by atoms with Gasteiger partial charge in [-0.05, 0) is 61.0 Å². The Balaban J connectivity index is 1.55. The maximum absolute atomic E-state index is 13.0. The molecule has 0 saturated carbocycles. The van der Waals surface area contributed by atoms with Gasteiger partial charge in [-0.25, -0.2) is 4.39 Å². The fourth-order valence-electron chi connectivity index (χ4n) is 3.00. The van der Waals surface area contributed by atoms with E-state index in [4.69, 9.17) is 0 Å². The molecule has 0 spiro atoms. The quantitative estimate of drug-likeness (QED) is 0.782. The van der Waals surface area contributed by atoms with Crippen molar-refractivity contribution in [3.8, 4) is 0 Å². The molecule has 1 heterocycles. The largest absolute Gasteiger partial charge is 0.347 e. The first-order valence-corrected chi connectivity index (χ1v) is 8.85. The third-order valence-corrected chi connectivity index (χ3v) is 4.50. The van der Waals surface area contributed by atoms with E-state index in [2.05, 4.69) is 17.2 Å². The molecule has 0 aliphatic carbocycles. The van der Waals surface area contributed by atoms with E-state index in [0.29, 0.717) is 36.3 Å². The van der Waals surface area contributed by atoms with Crippen molar-refractivity contribution in [2.24, 2.45) is 0 Å². The van der Waals surface area contributed by atoms with Gasteiger partial charge < -0.3 is 15.5 Å². The summed E-state index contributed by atoms with van der Waals surface area (Å²) in [4.78, 5) is 37.8. The summed E-state index contributed by atoms with van der Waals surface area (Å²) < 4.78 is 13.0. The van der Waals surface area contributed by atoms with Gasteiger partial charge in [-0.2, -0.15) is 0 Å². The van der Waals surface area contributed by atoms with Crippen LogP contribution in [0.25, 0.3) is 0 Å². The minimum atomic E-state index is -0.391. The Hall–Kier alpha value is -3.48. The average molecular weight is 381 g/mol. The number of nitrogens with one attached hydrogen (secondary N) is 2. The lowest BCUT2D eigenvalue weighted by atomic mass is 10.1. The number of carbonyl (C=O) groups excluding carboxylic acids is 3. The summed E-state index contributed by atoms with van der Waals surface area (Å²) in [7, 11) is 0. The summed E-state index contributed by atoms with van der Waals surface area (Å²) in [5.41, 5.74) is 1.45. The predicted molar refractivity (Wildman–Crippen MR) is 103 cm³/mol. The molecule has 0 radical (unpaired) electrons. The monoisotopic (exact) mass is 381 g/mol. The van der Waals surface area contributed by atoms with Crippen molar-refractivity contribution in [2.45, 2.75) is 12.5 Å². The van der Waals surface area contributed by atoms with Crippen LogP contribution in [-0.4, -0.2) is 41.8 Å². The maximum atomic E-state index is 13.0. The van der Waals surface area contributed by atoms with Gasteiger partial charge in [0, 0.05) is 35.9 Å². The highest BCUT2D eigenvalue weighted by Gasteiger charge is 2.28. The van der Waals surface area contributed by atoms with E-state index in [1.54, 1.807) is 29.2 Å². The van der Waals surface area contributed by atoms with Crippen molar-refractivity contribution in [3.63, 3.8) is 0 Å². The number of anilines is 1. The Kier molecular flexibility index (Phi) is 5.84. The molecule has 1 fully saturated rings. The van der Waals surface area contributed by atoms with Gasteiger partial charge in [0.05, 0.1) is 0 Å². The second kappa shape index (κ2) is 8.47. The normalized spacial score (nSPS) is 15.8. The molecule has 1 saturated heterocycles. The molecule has 28 heavy (non-hydrogen) atoms. The SMILES string of the molecule is C=CC(=O)Nc1ccc(C(=O)N[C@H]2CCN(C(=O)c3ccc(F)cc3)C2)cc1. The molecular formula is C21H20FN3O3. The molecule has 1 atom stereocenters. The van der Waals surface area contributed by atoms with Crippen molar-refractivity contribution in [2.75, 3.05) is 18.4 Å². The molecule has 0 aromatic heterocycles. The molecule has 2 N–H and O–H groups in total. The van der Waals surface area contributed by atoms with Crippen molar-refractivity contribution >= 4 is 23.4 Å². The molecular weight excluding hydrogens is 361 g/mol. The number of hydrogen-bond acceptors (Lipinski definition) is 3. The molecule has 3 rings (SSSR count). The summed E-state index contributed by atoms with van der Waals surface area (Å²) in [5, 5.41) is 5.53. The summed E-state index contributed by atoms with van der Waals surface area (Å²) in [6.45, 7) is 4.30. The fraction of sp³-hybridized carbons (Fsp3) is 0.190. The van der Waals surface area contributed by atoms with Gasteiger partial charge in [0.1, 0.15) is 5.82 Å². The molecule has 144 valence electrons. The number of carbonyl (C=O) groups is 3. The molecule has 0 bridgehead atoms. The summed E-state index contributed by atoms with van der Waals surface area (Å²) >= 11 is 0. The minimum absolute atomic E-state index is 0.156. The molecule has 1 aliphatic heterocycles. The zero-order valence-electron chi connectivity index (χ0n) is 15.2. The number of likely N-dealkylation sites (tertiary alicyclic amines) is 1. The lowest BCUT2D eigenvalue weighted by Gasteiger charge is -2.17. The lowest BCUT2D eigenvalue weighted by Crippen LogP contribution is -2.38. The molecule has 0 unspecified atom stereocenters. The first-order valence-electron chi connectivity index (χ1n) is 8.85. The van der Waals surface area contributed by atoms with E-state index in [1.165, 1.54) is 30.3 Å². The number of rotatable bonds is 5. The Bertz CT molecular complexity index is 894. The molecule has 1 aliphatic rings. The molecule has 6 nitrogen and oxygen atoms in total. The first kappa shape index (κ1) is 19.3. The zero-order valence-corrected chi connectivity index (χ0v) is 15.2. The van der Waals surface area contributed by atoms with Crippen molar-refractivity contribution in [3.05, 3.63) is 78.1 Å². The third-order valence-electron chi connectivity index (χ3n) is 4.50. The van der Waals surface area contributed by atoms with Crippen LogP contribution in [0, 0.1) is 5.82 Å². The second-order valence-electron chi connectivity index (χ2n) is 6.49. The van der Waals surface area contributed by atoms with E-state index >= 15 is 0 Å². The second-order valence-corrected chi connectivity index (χ2v) is 6.49. The Morgan fingerprint density at radius 3 is 2.32 bits per heavy atom. The molecule has 2 aromatic carbocycles. The fourth-order valence-corrected chi connectivity index (χ4v) is 3.00. The standard InChI is InChI=1S/C21H20FN3O3/c1-2-19(26)23-17-9-5-14(6-10-17)20(27)24-18-11-12-25(13-18)21(28)15-3-7-16(22)8-4-15/h2-10,18H,1,11-13H2,(H,23,26)(H,24,27)/t18-/m0/s1. The van der Waals surface area contributed by atoms with Crippen molar-refractivity contribution < 1.29 is 18.8 Å². The van der Waals surface area contributed by atoms with E-state index < -0.39 is 5.82 Å². The predicted octanol–water partition coefficient (Wildman–Crippen LogP) is 2.59. The highest BCUT2D eigenvalue weighted by atomic mass is 19.1. The summed E-state index contributed by atoms with van der Waals surface area (Å²) in [6, 6.07) is 11.8. The number of amides is 3. The van der Waals surface area contributed by atoms with E-state index in [0.717, 1.165) is 0 Å². The minimum Gasteiger partial charge on any atom is -0.347 e. The Labute approximate surface area is 162 Å². The Morgan fingerprint density at radius 2 is 1.68 bits per heavy atom. The Morgan fingerprint density at radius 1 is 1.04 bits per heavy atom. The van der Waals surface area contributed by atoms with Gasteiger partial charge in [0.2, 0.25) is 5.91 Å². The number of halogens is 1. The van der Waals surface area contributed by atoms with E-state index in [-0.39, 0.29) is 23.8 Å². The van der Waals surface area contributed by atoms with Crippen LogP contribution in [0.2, 0.25) is 0 Å². The zero-order chi connectivity index (χ0) is 20.1. The average Bonchev–Trinajstić information content (AvgIpc) is 3.17. The number of nitrogens with zero attached hydrogens (tertiary/aromatic N) is 1. The van der Waals surface area contributed by atoms with E-state index in [1.807, 2.05) is 0 Å². The van der Waals surface area contributed by atoms with Crippen LogP contribution in [-0.2, 0) is 4.79 Å². The summed E-state index contributed by atoms with van der Waals surface area (Å²) in [5.74, 6) is -1.14. The maximum Gasteiger partial charge on any atom is 0.253 e. The smallest absolute Gasteiger partial charge is 0.253 e. The van der Waals surface area contributed by atoms with Crippen LogP contribution in [0.3, 0.4) is 0 Å².